The molecule has 0 saturated carbocycles. The Morgan fingerprint density at radius 3 is 2.48 bits per heavy atom. The molecule has 4 heteroatoms. The summed E-state index contributed by atoms with van der Waals surface area (Å²) < 4.78 is 15.6. The van der Waals surface area contributed by atoms with Crippen molar-refractivity contribution in [3.63, 3.8) is 0 Å². The fourth-order valence-electron chi connectivity index (χ4n) is 4.34. The Bertz CT molecular complexity index is 1240. The maximum atomic E-state index is 13.4. The van der Waals surface area contributed by atoms with E-state index in [4.69, 9.17) is 0 Å². The van der Waals surface area contributed by atoms with E-state index in [0.717, 1.165) is 27.6 Å². The maximum Gasteiger partial charge on any atom is 0.220 e. The lowest BCUT2D eigenvalue weighted by Crippen LogP contribution is -2.28. The van der Waals surface area contributed by atoms with Gasteiger partial charge in [0.05, 0.1) is 0 Å². The first kappa shape index (κ1) is 22.8. The van der Waals surface area contributed by atoms with Crippen LogP contribution in [0.15, 0.2) is 79.0 Å². The van der Waals surface area contributed by atoms with Gasteiger partial charge in [0.25, 0.3) is 0 Å². The molecule has 0 spiro atoms. The molecular formula is C29H31FN2O. The van der Waals surface area contributed by atoms with Gasteiger partial charge in [-0.25, -0.2) is 4.39 Å². The van der Waals surface area contributed by atoms with Crippen molar-refractivity contribution in [2.75, 3.05) is 6.54 Å². The number of hydrogen-bond acceptors (Lipinski definition) is 1. The van der Waals surface area contributed by atoms with Crippen molar-refractivity contribution in [2.45, 2.75) is 39.7 Å². The quantitative estimate of drug-likeness (QED) is 0.335. The zero-order chi connectivity index (χ0) is 23.4. The van der Waals surface area contributed by atoms with Crippen LogP contribution in [0.3, 0.4) is 0 Å². The predicted molar refractivity (Wildman–Crippen MR) is 133 cm³/mol. The number of para-hydroxylation sites is 1. The van der Waals surface area contributed by atoms with Gasteiger partial charge < -0.3 is 9.88 Å². The standard InChI is InChI=1S/C29H31FN2O/c1-20(2)17-31-29(33)16-26(23-8-6-7-21(3)15-23)27-19-32(28-10-5-4-9-25(27)28)18-22-11-13-24(30)14-12-22/h4-15,19-20,26H,16-18H2,1-3H3,(H,31,33)/t26-/m1/s1. The average Bonchev–Trinajstić information content (AvgIpc) is 3.16. The van der Waals surface area contributed by atoms with Crippen molar-refractivity contribution in [3.05, 3.63) is 107 Å². The van der Waals surface area contributed by atoms with Crippen molar-refractivity contribution in [1.82, 2.24) is 9.88 Å². The Labute approximate surface area is 195 Å². The lowest BCUT2D eigenvalue weighted by Gasteiger charge is -2.18. The van der Waals surface area contributed by atoms with Crippen LogP contribution in [0.1, 0.15) is 48.4 Å². The van der Waals surface area contributed by atoms with E-state index in [9.17, 15) is 9.18 Å². The molecule has 0 unspecified atom stereocenters. The number of nitrogens with one attached hydrogen (secondary N) is 1. The van der Waals surface area contributed by atoms with Crippen LogP contribution in [0, 0.1) is 18.7 Å². The molecule has 3 nitrogen and oxygen atoms in total. The number of fused-ring (bicyclic) bond motifs is 1. The van der Waals surface area contributed by atoms with Crippen molar-refractivity contribution in [1.29, 1.82) is 0 Å². The third kappa shape index (κ3) is 5.51. The minimum absolute atomic E-state index is 0.0589. The third-order valence-corrected chi connectivity index (χ3v) is 6.00. The third-order valence-electron chi connectivity index (χ3n) is 6.00. The summed E-state index contributed by atoms with van der Waals surface area (Å²) in [6.45, 7) is 7.59. The average molecular weight is 443 g/mol. The Morgan fingerprint density at radius 1 is 1.00 bits per heavy atom. The number of nitrogens with zero attached hydrogens (tertiary/aromatic N) is 1. The molecule has 4 rings (SSSR count). The summed E-state index contributed by atoms with van der Waals surface area (Å²) in [5.74, 6) is 0.176. The molecule has 33 heavy (non-hydrogen) atoms. The summed E-state index contributed by atoms with van der Waals surface area (Å²) in [4.78, 5) is 12.9. The van der Waals surface area contributed by atoms with Crippen LogP contribution in [0.25, 0.3) is 10.9 Å². The monoisotopic (exact) mass is 442 g/mol. The van der Waals surface area contributed by atoms with Gasteiger partial charge in [-0.15, -0.1) is 0 Å². The fraction of sp³-hybridized carbons (Fsp3) is 0.276. The summed E-state index contributed by atoms with van der Waals surface area (Å²) in [5, 5.41) is 4.23. The number of rotatable bonds is 8. The Morgan fingerprint density at radius 2 is 1.76 bits per heavy atom. The highest BCUT2D eigenvalue weighted by Gasteiger charge is 2.23. The number of halogens is 1. The smallest absolute Gasteiger partial charge is 0.220 e. The number of aryl methyl sites for hydroxylation is 1. The minimum Gasteiger partial charge on any atom is -0.356 e. The summed E-state index contributed by atoms with van der Waals surface area (Å²) in [5.41, 5.74) is 5.59. The van der Waals surface area contributed by atoms with Gasteiger partial charge >= 0.3 is 0 Å². The highest BCUT2D eigenvalue weighted by atomic mass is 19.1. The van der Waals surface area contributed by atoms with Gasteiger partial charge in [0.2, 0.25) is 5.91 Å². The molecule has 0 aliphatic heterocycles. The second-order valence-electron chi connectivity index (χ2n) is 9.22. The highest BCUT2D eigenvalue weighted by molar-refractivity contribution is 5.86. The number of carbonyl (C=O) groups excluding carboxylic acids is 1. The number of aromatic nitrogens is 1. The van der Waals surface area contributed by atoms with Crippen LogP contribution >= 0.6 is 0 Å². The van der Waals surface area contributed by atoms with Crippen LogP contribution in [0.4, 0.5) is 4.39 Å². The van der Waals surface area contributed by atoms with Crippen molar-refractivity contribution in [3.8, 4) is 0 Å². The van der Waals surface area contributed by atoms with Gasteiger partial charge in [0.15, 0.2) is 0 Å². The van der Waals surface area contributed by atoms with E-state index in [1.165, 1.54) is 17.7 Å². The molecule has 0 bridgehead atoms. The van der Waals surface area contributed by atoms with Gasteiger partial charge in [0, 0.05) is 42.5 Å². The molecule has 1 amide bonds. The van der Waals surface area contributed by atoms with Crippen LogP contribution in [0.5, 0.6) is 0 Å². The lowest BCUT2D eigenvalue weighted by molar-refractivity contribution is -0.121. The first-order valence-corrected chi connectivity index (χ1v) is 11.6. The second kappa shape index (κ2) is 10.0. The zero-order valence-corrected chi connectivity index (χ0v) is 19.5. The van der Waals surface area contributed by atoms with E-state index in [2.05, 4.69) is 73.3 Å². The molecule has 170 valence electrons. The van der Waals surface area contributed by atoms with E-state index in [1.807, 2.05) is 24.3 Å². The van der Waals surface area contributed by atoms with Gasteiger partial charge in [-0.3, -0.25) is 4.79 Å². The SMILES string of the molecule is Cc1cccc([C@@H](CC(=O)NCC(C)C)c2cn(Cc3ccc(F)cc3)c3ccccc23)c1. The van der Waals surface area contributed by atoms with E-state index < -0.39 is 0 Å². The van der Waals surface area contributed by atoms with Crippen LogP contribution in [-0.4, -0.2) is 17.0 Å². The summed E-state index contributed by atoms with van der Waals surface area (Å²) in [6.07, 6.45) is 2.55. The van der Waals surface area contributed by atoms with Gasteiger partial charge in [-0.2, -0.15) is 0 Å². The predicted octanol–water partition coefficient (Wildman–Crippen LogP) is 6.43. The molecule has 0 fully saturated rings. The molecule has 0 aliphatic rings. The molecule has 4 aromatic rings. The molecule has 3 aromatic carbocycles. The molecule has 0 saturated heterocycles. The molecular weight excluding hydrogens is 411 g/mol. The molecule has 0 radical (unpaired) electrons. The number of hydrogen-bond donors (Lipinski definition) is 1. The summed E-state index contributed by atoms with van der Waals surface area (Å²) in [6, 6.07) is 23.4. The number of benzene rings is 3. The number of amides is 1. The van der Waals surface area contributed by atoms with Gasteiger partial charge in [-0.05, 0) is 47.7 Å². The largest absolute Gasteiger partial charge is 0.356 e. The van der Waals surface area contributed by atoms with E-state index in [-0.39, 0.29) is 17.6 Å². The molecule has 0 aliphatic carbocycles. The van der Waals surface area contributed by atoms with Crippen LogP contribution in [0.2, 0.25) is 0 Å². The van der Waals surface area contributed by atoms with Crippen LogP contribution in [-0.2, 0) is 11.3 Å². The normalized spacial score (nSPS) is 12.3. The minimum atomic E-state index is -0.233. The Hall–Kier alpha value is -3.40. The van der Waals surface area contributed by atoms with Gasteiger partial charge in [0.1, 0.15) is 5.82 Å². The molecule has 1 atom stereocenters. The van der Waals surface area contributed by atoms with Crippen molar-refractivity contribution < 1.29 is 9.18 Å². The topological polar surface area (TPSA) is 34.0 Å². The Balaban J connectivity index is 1.75. The molecule has 1 heterocycles. The Kier molecular flexibility index (Phi) is 6.93. The van der Waals surface area contributed by atoms with Crippen LogP contribution < -0.4 is 5.32 Å². The molecule has 1 N–H and O–H groups in total. The first-order chi connectivity index (χ1) is 15.9. The second-order valence-corrected chi connectivity index (χ2v) is 9.22. The van der Waals surface area contributed by atoms with E-state index >= 15 is 0 Å². The van der Waals surface area contributed by atoms with E-state index in [0.29, 0.717) is 25.4 Å². The fourth-order valence-corrected chi connectivity index (χ4v) is 4.34. The maximum absolute atomic E-state index is 13.4. The highest BCUT2D eigenvalue weighted by Crippen LogP contribution is 2.35. The van der Waals surface area contributed by atoms with Crippen molar-refractivity contribution >= 4 is 16.8 Å². The summed E-state index contributed by atoms with van der Waals surface area (Å²) >= 11 is 0. The van der Waals surface area contributed by atoms with Crippen molar-refractivity contribution in [2.24, 2.45) is 5.92 Å². The van der Waals surface area contributed by atoms with E-state index in [1.54, 1.807) is 0 Å². The number of carbonyl (C=O) groups is 1. The van der Waals surface area contributed by atoms with Gasteiger partial charge in [-0.1, -0.05) is 74.0 Å². The zero-order valence-electron chi connectivity index (χ0n) is 19.5. The lowest BCUT2D eigenvalue weighted by atomic mass is 9.87. The first-order valence-electron chi connectivity index (χ1n) is 11.6. The molecule has 1 aromatic heterocycles. The summed E-state index contributed by atoms with van der Waals surface area (Å²) in [7, 11) is 0.